The summed E-state index contributed by atoms with van der Waals surface area (Å²) in [5.74, 6) is -0.275. The van der Waals surface area contributed by atoms with E-state index in [1.165, 1.54) is 4.68 Å². The fourth-order valence-corrected chi connectivity index (χ4v) is 2.00. The van der Waals surface area contributed by atoms with Crippen LogP contribution in [0.25, 0.3) is 11.5 Å². The Morgan fingerprint density at radius 2 is 2.14 bits per heavy atom. The summed E-state index contributed by atoms with van der Waals surface area (Å²) < 4.78 is 6.47. The van der Waals surface area contributed by atoms with E-state index in [0.717, 1.165) is 12.1 Å². The van der Waals surface area contributed by atoms with Crippen molar-refractivity contribution in [2.24, 2.45) is 5.92 Å². The van der Waals surface area contributed by atoms with E-state index in [1.807, 2.05) is 49.1 Å². The molecule has 2 aromatic rings. The minimum absolute atomic E-state index is 0.0962. The van der Waals surface area contributed by atoms with Gasteiger partial charge in [0, 0.05) is 12.1 Å². The molecule has 0 fully saturated rings. The van der Waals surface area contributed by atoms with Crippen LogP contribution in [0.15, 0.2) is 39.5 Å². The van der Waals surface area contributed by atoms with Crippen LogP contribution in [0.3, 0.4) is 0 Å². The lowest BCUT2D eigenvalue weighted by atomic mass is 10.2. The first-order valence-electron chi connectivity index (χ1n) is 6.89. The Bertz CT molecular complexity index is 669. The average molecular weight is 286 g/mol. The maximum absolute atomic E-state index is 11.9. The summed E-state index contributed by atoms with van der Waals surface area (Å²) in [6.45, 7) is 5.47. The molecule has 0 spiro atoms. The first-order valence-corrected chi connectivity index (χ1v) is 6.89. The second kappa shape index (κ2) is 6.86. The van der Waals surface area contributed by atoms with E-state index < -0.39 is 5.76 Å². The number of nitrogens with zero attached hydrogens (tertiary/aromatic N) is 4. The quantitative estimate of drug-likeness (QED) is 0.811. The summed E-state index contributed by atoms with van der Waals surface area (Å²) in [5.41, 5.74) is 0.766. The lowest BCUT2D eigenvalue weighted by molar-refractivity contribution is 0.197. The molecule has 0 aliphatic carbocycles. The van der Waals surface area contributed by atoms with Crippen molar-refractivity contribution < 1.29 is 4.42 Å². The monoisotopic (exact) mass is 286 g/mol. The maximum atomic E-state index is 11.9. The highest BCUT2D eigenvalue weighted by Crippen LogP contribution is 2.14. The van der Waals surface area contributed by atoms with Crippen molar-refractivity contribution in [3.8, 4) is 17.5 Å². The van der Waals surface area contributed by atoms with E-state index in [0.29, 0.717) is 19.1 Å². The molecule has 6 nitrogen and oxygen atoms in total. The van der Waals surface area contributed by atoms with Crippen LogP contribution in [-0.4, -0.2) is 27.8 Å². The van der Waals surface area contributed by atoms with Gasteiger partial charge in [0.25, 0.3) is 0 Å². The normalized spacial score (nSPS) is 12.3. The van der Waals surface area contributed by atoms with E-state index in [-0.39, 0.29) is 5.92 Å². The molecular weight excluding hydrogens is 268 g/mol. The summed E-state index contributed by atoms with van der Waals surface area (Å²) >= 11 is 0. The molecule has 1 aromatic carbocycles. The predicted molar refractivity (Wildman–Crippen MR) is 78.2 cm³/mol. The Labute approximate surface area is 123 Å². The Hall–Kier alpha value is -2.39. The van der Waals surface area contributed by atoms with Crippen LogP contribution >= 0.6 is 0 Å². The largest absolute Gasteiger partial charge is 0.438 e. The smallest absolute Gasteiger partial charge is 0.388 e. The van der Waals surface area contributed by atoms with Gasteiger partial charge >= 0.3 is 5.76 Å². The van der Waals surface area contributed by atoms with Crippen LogP contribution in [0, 0.1) is 17.2 Å². The van der Waals surface area contributed by atoms with Crippen LogP contribution in [0.2, 0.25) is 0 Å². The highest BCUT2D eigenvalue weighted by molar-refractivity contribution is 5.51. The molecule has 21 heavy (non-hydrogen) atoms. The number of hydrogen-bond donors (Lipinski definition) is 0. The molecule has 1 aromatic heterocycles. The lowest BCUT2D eigenvalue weighted by Crippen LogP contribution is -2.34. The van der Waals surface area contributed by atoms with Gasteiger partial charge in [-0.3, -0.25) is 4.90 Å². The molecule has 0 radical (unpaired) electrons. The minimum atomic E-state index is -0.489. The third-order valence-corrected chi connectivity index (χ3v) is 3.16. The molecule has 0 saturated heterocycles. The fourth-order valence-electron chi connectivity index (χ4n) is 2.00. The van der Waals surface area contributed by atoms with Gasteiger partial charge in [-0.1, -0.05) is 25.1 Å². The van der Waals surface area contributed by atoms with Crippen molar-refractivity contribution in [3.63, 3.8) is 0 Å². The van der Waals surface area contributed by atoms with Gasteiger partial charge in [-0.2, -0.15) is 9.94 Å². The average Bonchev–Trinajstić information content (AvgIpc) is 2.88. The van der Waals surface area contributed by atoms with Gasteiger partial charge in [-0.15, -0.1) is 5.10 Å². The molecule has 0 aliphatic rings. The van der Waals surface area contributed by atoms with Crippen molar-refractivity contribution in [1.82, 2.24) is 14.7 Å². The van der Waals surface area contributed by atoms with Crippen LogP contribution in [0.1, 0.15) is 13.8 Å². The van der Waals surface area contributed by atoms with Crippen molar-refractivity contribution in [2.75, 3.05) is 13.1 Å². The van der Waals surface area contributed by atoms with Gasteiger partial charge in [-0.25, -0.2) is 4.79 Å². The number of aromatic nitrogens is 2. The number of benzene rings is 1. The molecule has 0 aliphatic heterocycles. The second-order valence-electron chi connectivity index (χ2n) is 4.88. The second-order valence-corrected chi connectivity index (χ2v) is 4.88. The van der Waals surface area contributed by atoms with E-state index in [2.05, 4.69) is 11.2 Å². The molecule has 0 bridgehead atoms. The molecule has 0 N–H and O–H groups in total. The zero-order chi connectivity index (χ0) is 15.2. The van der Waals surface area contributed by atoms with Crippen molar-refractivity contribution in [1.29, 1.82) is 5.26 Å². The summed E-state index contributed by atoms with van der Waals surface area (Å²) in [5, 5.41) is 13.1. The predicted octanol–water partition coefficient (Wildman–Crippen LogP) is 1.94. The zero-order valence-electron chi connectivity index (χ0n) is 12.2. The number of nitriles is 1. The molecule has 2 rings (SSSR count). The van der Waals surface area contributed by atoms with Gasteiger partial charge in [0.15, 0.2) is 0 Å². The Morgan fingerprint density at radius 1 is 1.43 bits per heavy atom. The SMILES string of the molecule is CCN(CC(C)C#N)Cn1nc(-c2ccccc2)oc1=O. The highest BCUT2D eigenvalue weighted by atomic mass is 16.4. The van der Waals surface area contributed by atoms with Crippen molar-refractivity contribution in [3.05, 3.63) is 40.9 Å². The molecule has 0 amide bonds. The Balaban J connectivity index is 2.16. The summed E-state index contributed by atoms with van der Waals surface area (Å²) in [4.78, 5) is 13.8. The summed E-state index contributed by atoms with van der Waals surface area (Å²) in [6.07, 6.45) is 0. The lowest BCUT2D eigenvalue weighted by Gasteiger charge is -2.20. The number of rotatable bonds is 6. The zero-order valence-corrected chi connectivity index (χ0v) is 12.2. The third kappa shape index (κ3) is 3.80. The van der Waals surface area contributed by atoms with Gasteiger partial charge < -0.3 is 4.42 Å². The maximum Gasteiger partial charge on any atom is 0.438 e. The van der Waals surface area contributed by atoms with Gasteiger partial charge in [0.05, 0.1) is 12.0 Å². The van der Waals surface area contributed by atoms with Crippen molar-refractivity contribution in [2.45, 2.75) is 20.5 Å². The molecule has 110 valence electrons. The first-order chi connectivity index (χ1) is 10.1. The molecule has 1 unspecified atom stereocenters. The van der Waals surface area contributed by atoms with Gasteiger partial charge in [0.2, 0.25) is 5.89 Å². The van der Waals surface area contributed by atoms with E-state index in [1.54, 1.807) is 0 Å². The highest BCUT2D eigenvalue weighted by Gasteiger charge is 2.14. The molecular formula is C15H18N4O2. The van der Waals surface area contributed by atoms with E-state index in [4.69, 9.17) is 9.68 Å². The molecule has 0 saturated carbocycles. The standard InChI is InChI=1S/C15H18N4O2/c1-3-18(10-12(2)9-16)11-19-15(20)21-14(17-19)13-7-5-4-6-8-13/h4-8,12H,3,10-11H2,1-2H3. The van der Waals surface area contributed by atoms with Crippen LogP contribution in [0.5, 0.6) is 0 Å². The van der Waals surface area contributed by atoms with Crippen LogP contribution in [0.4, 0.5) is 0 Å². The molecule has 1 heterocycles. The molecule has 1 atom stereocenters. The topological polar surface area (TPSA) is 75.1 Å². The first kappa shape index (κ1) is 15.0. The summed E-state index contributed by atoms with van der Waals surface area (Å²) in [6, 6.07) is 11.5. The van der Waals surface area contributed by atoms with Gasteiger partial charge in [-0.05, 0) is 25.6 Å². The Morgan fingerprint density at radius 3 is 2.76 bits per heavy atom. The summed E-state index contributed by atoms with van der Waals surface area (Å²) in [7, 11) is 0. The van der Waals surface area contributed by atoms with E-state index >= 15 is 0 Å². The van der Waals surface area contributed by atoms with E-state index in [9.17, 15) is 4.79 Å². The minimum Gasteiger partial charge on any atom is -0.388 e. The number of hydrogen-bond acceptors (Lipinski definition) is 5. The molecule has 6 heteroatoms. The van der Waals surface area contributed by atoms with Gasteiger partial charge in [0.1, 0.15) is 6.67 Å². The fraction of sp³-hybridized carbons (Fsp3) is 0.400. The third-order valence-electron chi connectivity index (χ3n) is 3.16. The van der Waals surface area contributed by atoms with Crippen LogP contribution in [-0.2, 0) is 6.67 Å². The van der Waals surface area contributed by atoms with Crippen LogP contribution < -0.4 is 5.76 Å². The van der Waals surface area contributed by atoms with Crippen molar-refractivity contribution >= 4 is 0 Å². The Kier molecular flexibility index (Phi) is 4.90.